The molecule has 1 aromatic heterocycles. The van der Waals surface area contributed by atoms with E-state index in [9.17, 15) is 4.79 Å². The lowest BCUT2D eigenvalue weighted by Crippen LogP contribution is -2.22. The van der Waals surface area contributed by atoms with Crippen molar-refractivity contribution in [2.75, 3.05) is 29.9 Å². The van der Waals surface area contributed by atoms with Crippen LogP contribution in [0.4, 0.5) is 11.4 Å². The summed E-state index contributed by atoms with van der Waals surface area (Å²) in [6.45, 7) is 7.47. The highest BCUT2D eigenvalue weighted by molar-refractivity contribution is 5.91. The maximum Gasteiger partial charge on any atom is 0.225 e. The summed E-state index contributed by atoms with van der Waals surface area (Å²) in [5.41, 5.74) is 2.00. The van der Waals surface area contributed by atoms with Crippen LogP contribution in [0.2, 0.25) is 0 Å². The van der Waals surface area contributed by atoms with Crippen molar-refractivity contribution in [1.82, 2.24) is 5.32 Å². The van der Waals surface area contributed by atoms with Crippen molar-refractivity contribution in [1.29, 1.82) is 0 Å². The van der Waals surface area contributed by atoms with Crippen LogP contribution >= 0.6 is 0 Å². The standard InChI is InChI=1S/C18H25N3O2/c1-3-21(4-2)16-9-7-15(8-10-16)20-18(22)11-12-19-14-17-6-5-13-23-17/h5-10,13,19H,3-4,11-12,14H2,1-2H3,(H,20,22). The lowest BCUT2D eigenvalue weighted by atomic mass is 10.2. The predicted octanol–water partition coefficient (Wildman–Crippen LogP) is 3.24. The second kappa shape index (κ2) is 9.00. The average molecular weight is 315 g/mol. The van der Waals surface area contributed by atoms with Crippen LogP contribution < -0.4 is 15.5 Å². The molecule has 1 amide bonds. The predicted molar refractivity (Wildman–Crippen MR) is 93.7 cm³/mol. The molecule has 5 heteroatoms. The molecule has 0 aliphatic heterocycles. The van der Waals surface area contributed by atoms with E-state index in [0.29, 0.717) is 19.5 Å². The van der Waals surface area contributed by atoms with Crippen LogP contribution in [0.15, 0.2) is 47.1 Å². The van der Waals surface area contributed by atoms with E-state index < -0.39 is 0 Å². The zero-order valence-corrected chi connectivity index (χ0v) is 13.8. The van der Waals surface area contributed by atoms with Crippen LogP contribution in [0.3, 0.4) is 0 Å². The number of furan rings is 1. The van der Waals surface area contributed by atoms with Gasteiger partial charge in [-0.1, -0.05) is 0 Å². The molecule has 2 rings (SSSR count). The first-order chi connectivity index (χ1) is 11.2. The molecule has 0 radical (unpaired) electrons. The van der Waals surface area contributed by atoms with Crippen LogP contribution in [0, 0.1) is 0 Å². The number of benzene rings is 1. The maximum absolute atomic E-state index is 11.9. The molecule has 5 nitrogen and oxygen atoms in total. The summed E-state index contributed by atoms with van der Waals surface area (Å²) in [5, 5.41) is 6.10. The lowest BCUT2D eigenvalue weighted by Gasteiger charge is -2.21. The number of rotatable bonds is 9. The zero-order chi connectivity index (χ0) is 16.5. The van der Waals surface area contributed by atoms with Gasteiger partial charge in [0.15, 0.2) is 0 Å². The van der Waals surface area contributed by atoms with Crippen molar-refractivity contribution in [3.8, 4) is 0 Å². The molecule has 1 heterocycles. The molecule has 23 heavy (non-hydrogen) atoms. The molecule has 2 N–H and O–H groups in total. The molecule has 124 valence electrons. The summed E-state index contributed by atoms with van der Waals surface area (Å²) in [4.78, 5) is 14.2. The van der Waals surface area contributed by atoms with Crippen LogP contribution in [0.25, 0.3) is 0 Å². The van der Waals surface area contributed by atoms with E-state index in [-0.39, 0.29) is 5.91 Å². The van der Waals surface area contributed by atoms with Crippen molar-refractivity contribution in [2.45, 2.75) is 26.8 Å². The Morgan fingerprint density at radius 3 is 2.48 bits per heavy atom. The van der Waals surface area contributed by atoms with Crippen molar-refractivity contribution >= 4 is 17.3 Å². The van der Waals surface area contributed by atoms with Crippen LogP contribution in [0.1, 0.15) is 26.0 Å². The molecule has 0 saturated heterocycles. The molecule has 0 saturated carbocycles. The van der Waals surface area contributed by atoms with E-state index in [1.54, 1.807) is 6.26 Å². The summed E-state index contributed by atoms with van der Waals surface area (Å²) >= 11 is 0. The Morgan fingerprint density at radius 2 is 1.87 bits per heavy atom. The highest BCUT2D eigenvalue weighted by Gasteiger charge is 2.05. The Bertz CT molecular complexity index is 575. The Hall–Kier alpha value is -2.27. The number of nitrogens with zero attached hydrogens (tertiary/aromatic N) is 1. The molecule has 2 aromatic rings. The molecular formula is C18H25N3O2. The van der Waals surface area contributed by atoms with Gasteiger partial charge in [0.25, 0.3) is 0 Å². The largest absolute Gasteiger partial charge is 0.468 e. The summed E-state index contributed by atoms with van der Waals surface area (Å²) in [7, 11) is 0. The molecule has 1 aromatic carbocycles. The van der Waals surface area contributed by atoms with Gasteiger partial charge in [0, 0.05) is 37.4 Å². The van der Waals surface area contributed by atoms with Crippen LogP contribution in [0.5, 0.6) is 0 Å². The number of carbonyl (C=O) groups is 1. The third kappa shape index (κ3) is 5.45. The molecule has 0 spiro atoms. The molecule has 0 bridgehead atoms. The molecule has 0 aliphatic carbocycles. The third-order valence-corrected chi connectivity index (χ3v) is 3.69. The second-order valence-electron chi connectivity index (χ2n) is 5.27. The normalized spacial score (nSPS) is 10.5. The summed E-state index contributed by atoms with van der Waals surface area (Å²) in [5.74, 6) is 0.880. The number of anilines is 2. The van der Waals surface area contributed by atoms with Gasteiger partial charge in [-0.15, -0.1) is 0 Å². The van der Waals surface area contributed by atoms with Crippen molar-refractivity contribution in [3.05, 3.63) is 48.4 Å². The van der Waals surface area contributed by atoms with E-state index in [1.165, 1.54) is 5.69 Å². The van der Waals surface area contributed by atoms with Crippen molar-refractivity contribution < 1.29 is 9.21 Å². The van der Waals surface area contributed by atoms with Crippen molar-refractivity contribution in [3.63, 3.8) is 0 Å². The quantitative estimate of drug-likeness (QED) is 0.698. The number of nitrogens with one attached hydrogen (secondary N) is 2. The van der Waals surface area contributed by atoms with Gasteiger partial charge in [-0.05, 0) is 50.2 Å². The van der Waals surface area contributed by atoms with Gasteiger partial charge in [-0.25, -0.2) is 0 Å². The number of hydrogen-bond donors (Lipinski definition) is 2. The number of hydrogen-bond acceptors (Lipinski definition) is 4. The summed E-state index contributed by atoms with van der Waals surface area (Å²) in [6, 6.07) is 11.7. The first kappa shape index (κ1) is 17.1. The first-order valence-electron chi connectivity index (χ1n) is 8.11. The molecule has 0 atom stereocenters. The molecule has 0 fully saturated rings. The molecule has 0 unspecified atom stereocenters. The zero-order valence-electron chi connectivity index (χ0n) is 13.8. The fourth-order valence-corrected chi connectivity index (χ4v) is 2.39. The Labute approximate surface area is 137 Å². The van der Waals surface area contributed by atoms with Gasteiger partial charge in [0.1, 0.15) is 5.76 Å². The van der Waals surface area contributed by atoms with Crippen LogP contribution in [-0.4, -0.2) is 25.5 Å². The topological polar surface area (TPSA) is 57.5 Å². The van der Waals surface area contributed by atoms with Gasteiger partial charge in [0.05, 0.1) is 12.8 Å². The van der Waals surface area contributed by atoms with Gasteiger partial charge in [0.2, 0.25) is 5.91 Å². The fourth-order valence-electron chi connectivity index (χ4n) is 2.39. The first-order valence-corrected chi connectivity index (χ1v) is 8.11. The summed E-state index contributed by atoms with van der Waals surface area (Å²) < 4.78 is 5.22. The summed E-state index contributed by atoms with van der Waals surface area (Å²) in [6.07, 6.45) is 2.07. The highest BCUT2D eigenvalue weighted by atomic mass is 16.3. The minimum atomic E-state index is 0.00698. The second-order valence-corrected chi connectivity index (χ2v) is 5.27. The van der Waals surface area contributed by atoms with Crippen molar-refractivity contribution in [2.24, 2.45) is 0 Å². The van der Waals surface area contributed by atoms with Gasteiger partial charge >= 0.3 is 0 Å². The van der Waals surface area contributed by atoms with E-state index in [4.69, 9.17) is 4.42 Å². The number of amides is 1. The smallest absolute Gasteiger partial charge is 0.225 e. The van der Waals surface area contributed by atoms with Gasteiger partial charge in [-0.2, -0.15) is 0 Å². The monoisotopic (exact) mass is 315 g/mol. The Morgan fingerprint density at radius 1 is 1.13 bits per heavy atom. The molecule has 0 aliphatic rings. The average Bonchev–Trinajstić information content (AvgIpc) is 3.08. The minimum Gasteiger partial charge on any atom is -0.468 e. The van der Waals surface area contributed by atoms with Crippen LogP contribution in [-0.2, 0) is 11.3 Å². The van der Waals surface area contributed by atoms with E-state index >= 15 is 0 Å². The Balaban J connectivity index is 1.72. The highest BCUT2D eigenvalue weighted by Crippen LogP contribution is 2.17. The van der Waals surface area contributed by atoms with E-state index in [0.717, 1.165) is 24.5 Å². The van der Waals surface area contributed by atoms with Gasteiger partial charge < -0.3 is 20.0 Å². The number of carbonyl (C=O) groups excluding carboxylic acids is 1. The fraction of sp³-hybridized carbons (Fsp3) is 0.389. The lowest BCUT2D eigenvalue weighted by molar-refractivity contribution is -0.116. The third-order valence-electron chi connectivity index (χ3n) is 3.69. The maximum atomic E-state index is 11.9. The Kier molecular flexibility index (Phi) is 6.69. The van der Waals surface area contributed by atoms with Gasteiger partial charge in [-0.3, -0.25) is 4.79 Å². The minimum absolute atomic E-state index is 0.00698. The van der Waals surface area contributed by atoms with E-state index in [1.807, 2.05) is 36.4 Å². The van der Waals surface area contributed by atoms with E-state index in [2.05, 4.69) is 29.4 Å². The SMILES string of the molecule is CCN(CC)c1ccc(NC(=O)CCNCc2ccco2)cc1. The molecular weight excluding hydrogens is 290 g/mol.